The molecule has 20 heavy (non-hydrogen) atoms. The number of methoxy groups -OCH3 is 1. The van der Waals surface area contributed by atoms with Crippen molar-refractivity contribution in [3.8, 4) is 5.75 Å². The Morgan fingerprint density at radius 1 is 1.20 bits per heavy atom. The summed E-state index contributed by atoms with van der Waals surface area (Å²) in [5.41, 5.74) is 9.65. The maximum atomic E-state index is 6.06. The van der Waals surface area contributed by atoms with E-state index in [0.717, 1.165) is 24.3 Å². The van der Waals surface area contributed by atoms with Gasteiger partial charge in [-0.2, -0.15) is 0 Å². The molecule has 1 aliphatic rings. The number of rotatable bonds is 6. The van der Waals surface area contributed by atoms with Crippen molar-refractivity contribution in [3.05, 3.63) is 23.3 Å². The van der Waals surface area contributed by atoms with Crippen LogP contribution in [-0.2, 0) is 12.8 Å². The van der Waals surface area contributed by atoms with Gasteiger partial charge in [0, 0.05) is 6.04 Å². The molecule has 0 saturated carbocycles. The highest BCUT2D eigenvalue weighted by molar-refractivity contribution is 5.57. The minimum absolute atomic E-state index is 0.676. The van der Waals surface area contributed by atoms with E-state index in [1.54, 1.807) is 7.11 Å². The highest BCUT2D eigenvalue weighted by Crippen LogP contribution is 2.32. The first kappa shape index (κ1) is 15.2. The predicted octanol–water partition coefficient (Wildman–Crippen LogP) is 3.26. The van der Waals surface area contributed by atoms with Crippen LogP contribution in [0.25, 0.3) is 0 Å². The minimum atomic E-state index is 0.676. The molecule has 0 aliphatic heterocycles. The Hall–Kier alpha value is -1.22. The normalized spacial score (nSPS) is 18.1. The standard InChI is InChI=1S/C17H28N2O/c1-4-8-19(9-5-2)15-7-6-13-12-17(20-3)16(18)11-14(13)10-15/h11-12,15H,4-10,18H2,1-3H3. The Bertz CT molecular complexity index is 439. The van der Waals surface area contributed by atoms with Crippen LogP contribution < -0.4 is 10.5 Å². The van der Waals surface area contributed by atoms with Crippen LogP contribution in [0.1, 0.15) is 44.2 Å². The first-order valence-corrected chi connectivity index (χ1v) is 7.88. The zero-order chi connectivity index (χ0) is 14.5. The van der Waals surface area contributed by atoms with Gasteiger partial charge >= 0.3 is 0 Å². The maximum Gasteiger partial charge on any atom is 0.142 e. The molecule has 0 spiro atoms. The molecular weight excluding hydrogens is 248 g/mol. The van der Waals surface area contributed by atoms with Gasteiger partial charge in [0.1, 0.15) is 5.75 Å². The molecule has 3 nitrogen and oxygen atoms in total. The summed E-state index contributed by atoms with van der Waals surface area (Å²) in [6.45, 7) is 6.95. The highest BCUT2D eigenvalue weighted by Gasteiger charge is 2.24. The van der Waals surface area contributed by atoms with Crippen molar-refractivity contribution in [1.29, 1.82) is 0 Å². The molecule has 2 rings (SSSR count). The predicted molar refractivity (Wildman–Crippen MR) is 85.4 cm³/mol. The number of aryl methyl sites for hydroxylation is 1. The van der Waals surface area contributed by atoms with Crippen molar-refractivity contribution in [1.82, 2.24) is 4.90 Å². The zero-order valence-electron chi connectivity index (χ0n) is 13.1. The van der Waals surface area contributed by atoms with Crippen LogP contribution in [0.5, 0.6) is 5.75 Å². The number of nitrogens with two attached hydrogens (primary N) is 1. The van der Waals surface area contributed by atoms with Gasteiger partial charge in [0.2, 0.25) is 0 Å². The lowest BCUT2D eigenvalue weighted by atomic mass is 9.86. The highest BCUT2D eigenvalue weighted by atomic mass is 16.5. The first-order valence-electron chi connectivity index (χ1n) is 7.88. The molecule has 1 aliphatic carbocycles. The van der Waals surface area contributed by atoms with E-state index < -0.39 is 0 Å². The van der Waals surface area contributed by atoms with E-state index in [-0.39, 0.29) is 0 Å². The maximum absolute atomic E-state index is 6.06. The van der Waals surface area contributed by atoms with Crippen molar-refractivity contribution in [2.24, 2.45) is 0 Å². The lowest BCUT2D eigenvalue weighted by molar-refractivity contribution is 0.180. The van der Waals surface area contributed by atoms with Gasteiger partial charge in [-0.05, 0) is 68.5 Å². The summed E-state index contributed by atoms with van der Waals surface area (Å²) in [5, 5.41) is 0. The topological polar surface area (TPSA) is 38.5 Å². The molecule has 112 valence electrons. The van der Waals surface area contributed by atoms with Crippen molar-refractivity contribution in [2.75, 3.05) is 25.9 Å². The van der Waals surface area contributed by atoms with Gasteiger partial charge in [-0.25, -0.2) is 0 Å². The van der Waals surface area contributed by atoms with Crippen LogP contribution in [-0.4, -0.2) is 31.1 Å². The third-order valence-corrected chi connectivity index (χ3v) is 4.29. The van der Waals surface area contributed by atoms with Gasteiger partial charge in [0.25, 0.3) is 0 Å². The summed E-state index contributed by atoms with van der Waals surface area (Å²) in [4.78, 5) is 2.66. The van der Waals surface area contributed by atoms with Crippen LogP contribution in [0.2, 0.25) is 0 Å². The second kappa shape index (κ2) is 6.98. The number of nitrogen functional groups attached to an aromatic ring is 1. The van der Waals surface area contributed by atoms with E-state index in [4.69, 9.17) is 10.5 Å². The van der Waals surface area contributed by atoms with Crippen LogP contribution in [0.4, 0.5) is 5.69 Å². The van der Waals surface area contributed by atoms with Crippen molar-refractivity contribution < 1.29 is 4.74 Å². The monoisotopic (exact) mass is 276 g/mol. The number of nitrogens with zero attached hydrogens (tertiary/aromatic N) is 1. The SMILES string of the molecule is CCCN(CCC)C1CCc2cc(OC)c(N)cc2C1. The fourth-order valence-electron chi connectivity index (χ4n) is 3.33. The van der Waals surface area contributed by atoms with E-state index in [1.165, 1.54) is 43.5 Å². The molecule has 0 aromatic heterocycles. The van der Waals surface area contributed by atoms with Crippen LogP contribution in [0, 0.1) is 0 Å². The molecule has 2 N–H and O–H groups in total. The molecule has 1 unspecified atom stereocenters. The molecule has 1 aromatic carbocycles. The summed E-state index contributed by atoms with van der Waals surface area (Å²) >= 11 is 0. The molecule has 0 fully saturated rings. The number of benzene rings is 1. The number of hydrogen-bond donors (Lipinski definition) is 1. The number of hydrogen-bond acceptors (Lipinski definition) is 3. The smallest absolute Gasteiger partial charge is 0.142 e. The lowest BCUT2D eigenvalue weighted by Gasteiger charge is -2.35. The average Bonchev–Trinajstić information content (AvgIpc) is 2.45. The van der Waals surface area contributed by atoms with Crippen molar-refractivity contribution >= 4 is 5.69 Å². The summed E-state index contributed by atoms with van der Waals surface area (Å²) in [6.07, 6.45) is 5.98. The number of fused-ring (bicyclic) bond motifs is 1. The van der Waals surface area contributed by atoms with Crippen LogP contribution >= 0.6 is 0 Å². The molecule has 1 atom stereocenters. The zero-order valence-corrected chi connectivity index (χ0v) is 13.1. The van der Waals surface area contributed by atoms with Gasteiger partial charge in [0.05, 0.1) is 12.8 Å². The molecule has 0 heterocycles. The molecular formula is C17H28N2O. The summed E-state index contributed by atoms with van der Waals surface area (Å²) in [6, 6.07) is 4.93. The Balaban J connectivity index is 2.15. The van der Waals surface area contributed by atoms with Gasteiger partial charge in [-0.1, -0.05) is 13.8 Å². The Labute approximate surface area is 123 Å². The van der Waals surface area contributed by atoms with E-state index in [2.05, 4.69) is 30.9 Å². The summed E-state index contributed by atoms with van der Waals surface area (Å²) < 4.78 is 5.33. The quantitative estimate of drug-likeness (QED) is 0.811. The summed E-state index contributed by atoms with van der Waals surface area (Å²) in [5.74, 6) is 0.821. The van der Waals surface area contributed by atoms with E-state index in [0.29, 0.717) is 6.04 Å². The number of ether oxygens (including phenoxy) is 1. The second-order valence-corrected chi connectivity index (χ2v) is 5.80. The fraction of sp³-hybridized carbons (Fsp3) is 0.647. The Kier molecular flexibility index (Phi) is 5.30. The van der Waals surface area contributed by atoms with Gasteiger partial charge in [-0.15, -0.1) is 0 Å². The number of anilines is 1. The van der Waals surface area contributed by atoms with E-state index >= 15 is 0 Å². The van der Waals surface area contributed by atoms with E-state index in [1.807, 2.05) is 0 Å². The van der Waals surface area contributed by atoms with Crippen LogP contribution in [0.15, 0.2) is 12.1 Å². The average molecular weight is 276 g/mol. The molecule has 3 heteroatoms. The Morgan fingerprint density at radius 2 is 1.90 bits per heavy atom. The largest absolute Gasteiger partial charge is 0.495 e. The fourth-order valence-corrected chi connectivity index (χ4v) is 3.33. The molecule has 0 bridgehead atoms. The second-order valence-electron chi connectivity index (χ2n) is 5.80. The third-order valence-electron chi connectivity index (χ3n) is 4.29. The molecule has 0 amide bonds. The van der Waals surface area contributed by atoms with Gasteiger partial charge < -0.3 is 15.4 Å². The molecule has 0 saturated heterocycles. The van der Waals surface area contributed by atoms with E-state index in [9.17, 15) is 0 Å². The Morgan fingerprint density at radius 3 is 2.50 bits per heavy atom. The van der Waals surface area contributed by atoms with Crippen molar-refractivity contribution in [2.45, 2.75) is 52.0 Å². The lowest BCUT2D eigenvalue weighted by Crippen LogP contribution is -2.40. The summed E-state index contributed by atoms with van der Waals surface area (Å²) in [7, 11) is 1.69. The third kappa shape index (κ3) is 3.26. The van der Waals surface area contributed by atoms with Crippen LogP contribution in [0.3, 0.4) is 0 Å². The van der Waals surface area contributed by atoms with Gasteiger partial charge in [0.15, 0.2) is 0 Å². The molecule has 0 radical (unpaired) electrons. The van der Waals surface area contributed by atoms with Gasteiger partial charge in [-0.3, -0.25) is 0 Å². The minimum Gasteiger partial charge on any atom is -0.495 e. The molecule has 1 aromatic rings. The van der Waals surface area contributed by atoms with Crippen molar-refractivity contribution in [3.63, 3.8) is 0 Å². The first-order chi connectivity index (χ1) is 9.69.